The van der Waals surface area contributed by atoms with Crippen molar-refractivity contribution in [2.45, 2.75) is 0 Å². The van der Waals surface area contributed by atoms with E-state index in [0.717, 1.165) is 0 Å². The molecule has 0 saturated carbocycles. The first-order chi connectivity index (χ1) is 7.72. The second-order valence-corrected chi connectivity index (χ2v) is 3.26. The van der Waals surface area contributed by atoms with Gasteiger partial charge in [0, 0.05) is 13.1 Å². The van der Waals surface area contributed by atoms with Crippen LogP contribution in [0.1, 0.15) is 10.5 Å². The zero-order valence-corrected chi connectivity index (χ0v) is 8.73. The number of para-hydroxylation sites is 1. The number of aromatic nitrogens is 2. The SMILES string of the molecule is CNC(=O)c1cc(=O)n(-c2ccccc2)[nH]1. The van der Waals surface area contributed by atoms with Gasteiger partial charge < -0.3 is 5.32 Å². The number of carbonyl (C=O) groups is 1. The Morgan fingerprint density at radius 2 is 2.00 bits per heavy atom. The number of aromatic amines is 1. The number of nitrogens with zero attached hydrogens (tertiary/aromatic N) is 1. The van der Waals surface area contributed by atoms with Crippen molar-refractivity contribution >= 4 is 5.91 Å². The van der Waals surface area contributed by atoms with E-state index in [4.69, 9.17) is 0 Å². The molecular weight excluding hydrogens is 206 g/mol. The van der Waals surface area contributed by atoms with E-state index >= 15 is 0 Å². The molecule has 1 heterocycles. The van der Waals surface area contributed by atoms with Crippen LogP contribution < -0.4 is 10.9 Å². The summed E-state index contributed by atoms with van der Waals surface area (Å²) >= 11 is 0. The van der Waals surface area contributed by atoms with Gasteiger partial charge in [-0.2, -0.15) is 0 Å². The lowest BCUT2D eigenvalue weighted by atomic mass is 10.3. The van der Waals surface area contributed by atoms with Crippen LogP contribution in [-0.4, -0.2) is 22.7 Å². The fourth-order valence-electron chi connectivity index (χ4n) is 1.42. The molecule has 0 saturated heterocycles. The number of hydrogen-bond acceptors (Lipinski definition) is 2. The van der Waals surface area contributed by atoms with Gasteiger partial charge in [0.15, 0.2) is 0 Å². The van der Waals surface area contributed by atoms with E-state index in [0.29, 0.717) is 5.69 Å². The van der Waals surface area contributed by atoms with Gasteiger partial charge in [-0.1, -0.05) is 18.2 Å². The van der Waals surface area contributed by atoms with Gasteiger partial charge >= 0.3 is 0 Å². The van der Waals surface area contributed by atoms with Crippen LogP contribution in [-0.2, 0) is 0 Å². The first kappa shape index (κ1) is 10.2. The van der Waals surface area contributed by atoms with Crippen molar-refractivity contribution in [3.05, 3.63) is 52.4 Å². The van der Waals surface area contributed by atoms with E-state index < -0.39 is 0 Å². The first-order valence-corrected chi connectivity index (χ1v) is 4.82. The highest BCUT2D eigenvalue weighted by atomic mass is 16.2. The summed E-state index contributed by atoms with van der Waals surface area (Å²) in [4.78, 5) is 22.9. The van der Waals surface area contributed by atoms with E-state index in [1.165, 1.54) is 17.8 Å². The van der Waals surface area contributed by atoms with Crippen molar-refractivity contribution in [1.29, 1.82) is 0 Å². The maximum atomic E-state index is 11.6. The molecule has 0 unspecified atom stereocenters. The maximum Gasteiger partial charge on any atom is 0.271 e. The van der Waals surface area contributed by atoms with Gasteiger partial charge in [-0.15, -0.1) is 0 Å². The van der Waals surface area contributed by atoms with Crippen LogP contribution >= 0.6 is 0 Å². The molecule has 2 aromatic rings. The van der Waals surface area contributed by atoms with Crippen molar-refractivity contribution in [2.24, 2.45) is 0 Å². The minimum absolute atomic E-state index is 0.247. The van der Waals surface area contributed by atoms with Gasteiger partial charge in [0.2, 0.25) is 0 Å². The molecule has 0 radical (unpaired) electrons. The monoisotopic (exact) mass is 217 g/mol. The molecule has 1 amide bonds. The average molecular weight is 217 g/mol. The maximum absolute atomic E-state index is 11.6. The van der Waals surface area contributed by atoms with Crippen molar-refractivity contribution in [2.75, 3.05) is 7.05 Å². The molecule has 0 atom stereocenters. The van der Waals surface area contributed by atoms with Crippen LogP contribution in [0.3, 0.4) is 0 Å². The molecule has 16 heavy (non-hydrogen) atoms. The van der Waals surface area contributed by atoms with Gasteiger partial charge in [-0.3, -0.25) is 14.7 Å². The number of amides is 1. The Hall–Kier alpha value is -2.30. The van der Waals surface area contributed by atoms with E-state index in [-0.39, 0.29) is 17.2 Å². The Balaban J connectivity index is 2.48. The second kappa shape index (κ2) is 4.06. The second-order valence-electron chi connectivity index (χ2n) is 3.26. The molecule has 2 rings (SSSR count). The molecule has 0 aliphatic heterocycles. The predicted octanol–water partition coefficient (Wildman–Crippen LogP) is 0.525. The summed E-state index contributed by atoms with van der Waals surface area (Å²) in [6, 6.07) is 10.3. The summed E-state index contributed by atoms with van der Waals surface area (Å²) in [6.07, 6.45) is 0. The zero-order chi connectivity index (χ0) is 11.5. The van der Waals surface area contributed by atoms with Gasteiger partial charge in [0.05, 0.1) is 5.69 Å². The number of benzene rings is 1. The smallest absolute Gasteiger partial charge is 0.271 e. The van der Waals surface area contributed by atoms with Crippen molar-refractivity contribution in [3.8, 4) is 5.69 Å². The number of rotatable bonds is 2. The fourth-order valence-corrected chi connectivity index (χ4v) is 1.42. The van der Waals surface area contributed by atoms with Crippen LogP contribution in [0.4, 0.5) is 0 Å². The molecule has 0 bridgehead atoms. The van der Waals surface area contributed by atoms with E-state index in [2.05, 4.69) is 10.4 Å². The normalized spacial score (nSPS) is 10.1. The molecule has 0 aliphatic carbocycles. The summed E-state index contributed by atoms with van der Waals surface area (Å²) in [6.45, 7) is 0. The molecule has 0 spiro atoms. The molecule has 2 N–H and O–H groups in total. The van der Waals surface area contributed by atoms with E-state index in [9.17, 15) is 9.59 Å². The Morgan fingerprint density at radius 3 is 2.62 bits per heavy atom. The van der Waals surface area contributed by atoms with Gasteiger partial charge in [0.1, 0.15) is 5.69 Å². The van der Waals surface area contributed by atoms with Crippen molar-refractivity contribution in [3.63, 3.8) is 0 Å². The van der Waals surface area contributed by atoms with Crippen molar-refractivity contribution in [1.82, 2.24) is 15.1 Å². The fraction of sp³-hybridized carbons (Fsp3) is 0.0909. The minimum atomic E-state index is -0.313. The summed E-state index contributed by atoms with van der Waals surface area (Å²) in [5.74, 6) is -0.313. The largest absolute Gasteiger partial charge is 0.354 e. The van der Waals surface area contributed by atoms with Gasteiger partial charge in [0.25, 0.3) is 11.5 Å². The third-order valence-corrected chi connectivity index (χ3v) is 2.21. The zero-order valence-electron chi connectivity index (χ0n) is 8.73. The third-order valence-electron chi connectivity index (χ3n) is 2.21. The van der Waals surface area contributed by atoms with Crippen LogP contribution in [0.15, 0.2) is 41.2 Å². The molecule has 5 heteroatoms. The number of hydrogen-bond donors (Lipinski definition) is 2. The highest BCUT2D eigenvalue weighted by Gasteiger charge is 2.09. The molecule has 5 nitrogen and oxygen atoms in total. The first-order valence-electron chi connectivity index (χ1n) is 4.82. The number of nitrogens with one attached hydrogen (secondary N) is 2. The summed E-state index contributed by atoms with van der Waals surface area (Å²) in [5, 5.41) is 5.19. The lowest BCUT2D eigenvalue weighted by molar-refractivity contribution is 0.0957. The minimum Gasteiger partial charge on any atom is -0.354 e. The molecule has 82 valence electrons. The lowest BCUT2D eigenvalue weighted by Gasteiger charge is -2.00. The average Bonchev–Trinajstić information content (AvgIpc) is 2.71. The van der Waals surface area contributed by atoms with Gasteiger partial charge in [-0.25, -0.2) is 4.68 Å². The summed E-state index contributed by atoms with van der Waals surface area (Å²) in [7, 11) is 1.51. The van der Waals surface area contributed by atoms with Gasteiger partial charge in [-0.05, 0) is 12.1 Å². The van der Waals surface area contributed by atoms with Crippen LogP contribution in [0.5, 0.6) is 0 Å². The Morgan fingerprint density at radius 1 is 1.31 bits per heavy atom. The third kappa shape index (κ3) is 1.75. The standard InChI is InChI=1S/C11H11N3O2/c1-12-11(16)9-7-10(15)14(13-9)8-5-3-2-4-6-8/h2-7,13H,1H3,(H,12,16). The molecule has 1 aromatic carbocycles. The Bertz CT molecular complexity index is 554. The Labute approximate surface area is 91.7 Å². The lowest BCUT2D eigenvalue weighted by Crippen LogP contribution is -2.18. The van der Waals surface area contributed by atoms with Crippen LogP contribution in [0.2, 0.25) is 0 Å². The highest BCUT2D eigenvalue weighted by Crippen LogP contribution is 2.02. The molecule has 1 aromatic heterocycles. The van der Waals surface area contributed by atoms with Crippen LogP contribution in [0.25, 0.3) is 5.69 Å². The quantitative estimate of drug-likeness (QED) is 0.770. The topological polar surface area (TPSA) is 66.9 Å². The number of H-pyrrole nitrogens is 1. The summed E-state index contributed by atoms with van der Waals surface area (Å²) < 4.78 is 1.32. The molecule has 0 aliphatic rings. The molecular formula is C11H11N3O2. The van der Waals surface area contributed by atoms with E-state index in [1.807, 2.05) is 18.2 Å². The predicted molar refractivity (Wildman–Crippen MR) is 59.8 cm³/mol. The highest BCUT2D eigenvalue weighted by molar-refractivity contribution is 5.91. The van der Waals surface area contributed by atoms with Crippen LogP contribution in [0, 0.1) is 0 Å². The van der Waals surface area contributed by atoms with E-state index in [1.54, 1.807) is 12.1 Å². The summed E-state index contributed by atoms with van der Waals surface area (Å²) in [5.41, 5.74) is 0.684. The van der Waals surface area contributed by atoms with Crippen molar-refractivity contribution < 1.29 is 4.79 Å². The Kier molecular flexibility index (Phi) is 2.59. The number of carbonyl (C=O) groups excluding carboxylic acids is 1. The molecule has 0 fully saturated rings.